The van der Waals surface area contributed by atoms with Crippen molar-refractivity contribution in [1.29, 1.82) is 0 Å². The molecule has 4 nitrogen and oxygen atoms in total. The van der Waals surface area contributed by atoms with Crippen LogP contribution in [0.5, 0.6) is 0 Å². The number of hydrogen-bond donors (Lipinski definition) is 1. The number of hydrogen-bond acceptors (Lipinski definition) is 3. The summed E-state index contributed by atoms with van der Waals surface area (Å²) >= 11 is 0. The fourth-order valence-corrected chi connectivity index (χ4v) is 2.88. The molecule has 1 heterocycles. The highest BCUT2D eigenvalue weighted by atomic mass is 15.3. The largest absolute Gasteiger partial charge is 0.385 e. The highest BCUT2D eigenvalue weighted by molar-refractivity contribution is 5.44. The second-order valence-corrected chi connectivity index (χ2v) is 5.67. The van der Waals surface area contributed by atoms with E-state index >= 15 is 0 Å². The van der Waals surface area contributed by atoms with Gasteiger partial charge < -0.3 is 5.32 Å². The normalized spacial score (nSPS) is 16.2. The van der Waals surface area contributed by atoms with Crippen molar-refractivity contribution in [1.82, 2.24) is 14.8 Å². The van der Waals surface area contributed by atoms with Crippen LogP contribution in [0.25, 0.3) is 0 Å². The zero-order chi connectivity index (χ0) is 13.6. The predicted molar refractivity (Wildman–Crippen MR) is 80.6 cm³/mol. The van der Waals surface area contributed by atoms with Gasteiger partial charge in [0.15, 0.2) is 0 Å². The fourth-order valence-electron chi connectivity index (χ4n) is 2.88. The highest BCUT2D eigenvalue weighted by Gasteiger charge is 2.12. The zero-order valence-corrected chi connectivity index (χ0v) is 11.8. The lowest BCUT2D eigenvalue weighted by atomic mass is 9.89. The van der Waals surface area contributed by atoms with E-state index in [1.807, 2.05) is 4.68 Å². The van der Waals surface area contributed by atoms with Crippen LogP contribution in [0.1, 0.15) is 37.7 Å². The van der Waals surface area contributed by atoms with Crippen molar-refractivity contribution in [3.8, 4) is 0 Å². The molecule has 1 fully saturated rings. The van der Waals surface area contributed by atoms with Crippen LogP contribution in [-0.4, -0.2) is 21.3 Å². The van der Waals surface area contributed by atoms with Crippen LogP contribution in [0.2, 0.25) is 0 Å². The molecule has 0 radical (unpaired) electrons. The van der Waals surface area contributed by atoms with E-state index in [0.29, 0.717) is 0 Å². The Labute approximate surface area is 120 Å². The summed E-state index contributed by atoms with van der Waals surface area (Å²) in [5, 5.41) is 7.69. The second-order valence-electron chi connectivity index (χ2n) is 5.67. The molecule has 0 amide bonds. The Balaban J connectivity index is 1.50. The summed E-state index contributed by atoms with van der Waals surface area (Å²) in [6, 6.07) is 8.64. The maximum atomic E-state index is 4.12. The Morgan fingerprint density at radius 1 is 1.10 bits per heavy atom. The summed E-state index contributed by atoms with van der Waals surface area (Å²) in [7, 11) is 0. The third-order valence-electron chi connectivity index (χ3n) is 4.08. The summed E-state index contributed by atoms with van der Waals surface area (Å²) in [6.07, 6.45) is 10.3. The highest BCUT2D eigenvalue weighted by Crippen LogP contribution is 2.24. The van der Waals surface area contributed by atoms with Crippen LogP contribution >= 0.6 is 0 Å². The van der Waals surface area contributed by atoms with Crippen LogP contribution < -0.4 is 5.32 Å². The molecule has 0 bridgehead atoms. The van der Waals surface area contributed by atoms with E-state index in [4.69, 9.17) is 0 Å². The van der Waals surface area contributed by atoms with E-state index in [0.717, 1.165) is 19.0 Å². The van der Waals surface area contributed by atoms with Crippen LogP contribution in [0, 0.1) is 5.92 Å². The average Bonchev–Trinajstić information content (AvgIpc) is 3.01. The van der Waals surface area contributed by atoms with Gasteiger partial charge in [0.05, 0.1) is 6.54 Å². The van der Waals surface area contributed by atoms with Gasteiger partial charge in [0.25, 0.3) is 0 Å². The summed E-state index contributed by atoms with van der Waals surface area (Å²) in [4.78, 5) is 3.96. The average molecular weight is 270 g/mol. The molecule has 1 aliphatic rings. The van der Waals surface area contributed by atoms with Crippen molar-refractivity contribution in [3.63, 3.8) is 0 Å². The molecule has 0 unspecified atom stereocenters. The van der Waals surface area contributed by atoms with Crippen LogP contribution in [0.4, 0.5) is 5.69 Å². The second kappa shape index (κ2) is 6.55. The Hall–Kier alpha value is -1.84. The molecule has 0 spiro atoms. The minimum atomic E-state index is 0.781. The third kappa shape index (κ3) is 3.59. The first-order chi connectivity index (χ1) is 9.90. The molecule has 1 saturated carbocycles. The maximum absolute atomic E-state index is 4.12. The number of nitrogens with one attached hydrogen (secondary N) is 1. The monoisotopic (exact) mass is 270 g/mol. The molecule has 4 heteroatoms. The van der Waals surface area contributed by atoms with Gasteiger partial charge in [-0.25, -0.2) is 9.67 Å². The Bertz CT molecular complexity index is 498. The first-order valence-corrected chi connectivity index (χ1v) is 7.55. The lowest BCUT2D eigenvalue weighted by Gasteiger charge is -2.22. The molecule has 1 N–H and O–H groups in total. The van der Waals surface area contributed by atoms with E-state index < -0.39 is 0 Å². The molecule has 2 aromatic rings. The summed E-state index contributed by atoms with van der Waals surface area (Å²) in [6.45, 7) is 1.89. The van der Waals surface area contributed by atoms with E-state index in [1.165, 1.54) is 43.4 Å². The molecule has 0 saturated heterocycles. The van der Waals surface area contributed by atoms with Gasteiger partial charge in [-0.1, -0.05) is 31.4 Å². The van der Waals surface area contributed by atoms with E-state index in [9.17, 15) is 0 Å². The summed E-state index contributed by atoms with van der Waals surface area (Å²) < 4.78 is 1.84. The maximum Gasteiger partial charge on any atom is 0.137 e. The molecule has 3 rings (SSSR count). The number of anilines is 1. The molecule has 106 valence electrons. The van der Waals surface area contributed by atoms with Gasteiger partial charge in [-0.05, 0) is 36.5 Å². The number of aromatic nitrogens is 3. The topological polar surface area (TPSA) is 42.7 Å². The molecule has 20 heavy (non-hydrogen) atoms. The van der Waals surface area contributed by atoms with Gasteiger partial charge in [0.1, 0.15) is 12.7 Å². The zero-order valence-electron chi connectivity index (χ0n) is 11.8. The van der Waals surface area contributed by atoms with E-state index in [2.05, 4.69) is 39.7 Å². The van der Waals surface area contributed by atoms with Gasteiger partial charge in [0.2, 0.25) is 0 Å². The van der Waals surface area contributed by atoms with Gasteiger partial charge in [-0.2, -0.15) is 5.10 Å². The molecular formula is C16H22N4. The van der Waals surface area contributed by atoms with Gasteiger partial charge in [-0.15, -0.1) is 0 Å². The third-order valence-corrected chi connectivity index (χ3v) is 4.08. The molecule has 1 aliphatic carbocycles. The predicted octanol–water partition coefficient (Wildman–Crippen LogP) is 3.32. The SMILES string of the molecule is c1ncn(Cc2ccc(NCC3CCCCC3)cc2)n1. The van der Waals surface area contributed by atoms with Crippen molar-refractivity contribution in [3.05, 3.63) is 42.5 Å². The summed E-state index contributed by atoms with van der Waals surface area (Å²) in [5.41, 5.74) is 2.47. The Morgan fingerprint density at radius 2 is 1.90 bits per heavy atom. The van der Waals surface area contributed by atoms with Gasteiger partial charge >= 0.3 is 0 Å². The molecule has 1 aromatic carbocycles. The van der Waals surface area contributed by atoms with Crippen LogP contribution in [0.15, 0.2) is 36.9 Å². The molecular weight excluding hydrogens is 248 g/mol. The van der Waals surface area contributed by atoms with Crippen molar-refractivity contribution in [2.24, 2.45) is 5.92 Å². The number of benzene rings is 1. The fraction of sp³-hybridized carbons (Fsp3) is 0.500. The molecule has 0 atom stereocenters. The van der Waals surface area contributed by atoms with Crippen molar-refractivity contribution in [2.45, 2.75) is 38.6 Å². The Kier molecular flexibility index (Phi) is 4.31. The number of nitrogens with zero attached hydrogens (tertiary/aromatic N) is 3. The number of rotatable bonds is 5. The minimum Gasteiger partial charge on any atom is -0.385 e. The van der Waals surface area contributed by atoms with E-state index in [-0.39, 0.29) is 0 Å². The lowest BCUT2D eigenvalue weighted by molar-refractivity contribution is 0.373. The summed E-state index contributed by atoms with van der Waals surface area (Å²) in [5.74, 6) is 0.860. The van der Waals surface area contributed by atoms with Crippen LogP contribution in [-0.2, 0) is 6.54 Å². The van der Waals surface area contributed by atoms with Crippen molar-refractivity contribution >= 4 is 5.69 Å². The van der Waals surface area contributed by atoms with Crippen molar-refractivity contribution < 1.29 is 0 Å². The smallest absolute Gasteiger partial charge is 0.137 e. The minimum absolute atomic E-state index is 0.781. The lowest BCUT2D eigenvalue weighted by Crippen LogP contribution is -2.17. The molecule has 1 aromatic heterocycles. The quantitative estimate of drug-likeness (QED) is 0.906. The van der Waals surface area contributed by atoms with Gasteiger partial charge in [-0.3, -0.25) is 0 Å². The standard InChI is InChI=1S/C16H22N4/c1-2-4-14(5-3-1)10-18-16-8-6-15(7-9-16)11-20-13-17-12-19-20/h6-9,12-14,18H,1-5,10-11H2. The van der Waals surface area contributed by atoms with Gasteiger partial charge in [0, 0.05) is 12.2 Å². The van der Waals surface area contributed by atoms with Crippen LogP contribution in [0.3, 0.4) is 0 Å². The van der Waals surface area contributed by atoms with Crippen molar-refractivity contribution in [2.75, 3.05) is 11.9 Å². The first kappa shape index (κ1) is 13.2. The van der Waals surface area contributed by atoms with E-state index in [1.54, 1.807) is 12.7 Å². The molecule has 0 aliphatic heterocycles. The Morgan fingerprint density at radius 3 is 2.60 bits per heavy atom. The first-order valence-electron chi connectivity index (χ1n) is 7.55.